The molecule has 0 radical (unpaired) electrons. The van der Waals surface area contributed by atoms with E-state index in [1.165, 1.54) is 5.56 Å². The zero-order valence-electron chi connectivity index (χ0n) is 12.1. The van der Waals surface area contributed by atoms with Gasteiger partial charge in [0, 0.05) is 7.11 Å². The Kier molecular flexibility index (Phi) is 27.4. The third kappa shape index (κ3) is 178. The van der Waals surface area contributed by atoms with E-state index in [2.05, 4.69) is 19.1 Å². The molecule has 1 nitrogen and oxygen atoms in total. The van der Waals surface area contributed by atoms with E-state index in [0.29, 0.717) is 0 Å². The zero-order valence-corrected chi connectivity index (χ0v) is 12.1. The Hall–Kier alpha value is 0.171. The predicted octanol–water partition coefficient (Wildman–Crippen LogP) is 4.86. The van der Waals surface area contributed by atoms with E-state index in [-0.39, 0.29) is 51.4 Å². The van der Waals surface area contributed by atoms with Gasteiger partial charge in [-0.25, -0.2) is 0 Å². The van der Waals surface area contributed by atoms with E-state index in [4.69, 9.17) is 5.11 Å². The molecule has 0 aliphatic rings. The van der Waals surface area contributed by atoms with E-state index < -0.39 is 21.8 Å². The van der Waals surface area contributed by atoms with Gasteiger partial charge in [0.25, 0.3) is 0 Å². The second kappa shape index (κ2) is 18.9. The number of aryl methyl sites for hydroxylation is 1. The van der Waals surface area contributed by atoms with Crippen LogP contribution in [-0.2, 0) is 0 Å². The molecule has 0 saturated carbocycles. The van der Waals surface area contributed by atoms with Crippen molar-refractivity contribution in [3.8, 4) is 0 Å². The Labute approximate surface area is 178 Å². The number of aliphatic hydroxyl groups is 1. The van der Waals surface area contributed by atoms with Gasteiger partial charge in [-0.05, 0) is 6.92 Å². The first-order valence-corrected chi connectivity index (χ1v) is 5.48. The Morgan fingerprint density at radius 2 is 0.720 bits per heavy atom. The van der Waals surface area contributed by atoms with Crippen LogP contribution in [0.15, 0.2) is 30.3 Å². The van der Waals surface area contributed by atoms with E-state index >= 15 is 0 Å². The molecule has 0 bridgehead atoms. The quantitative estimate of drug-likeness (QED) is 0.466. The minimum absolute atomic E-state index is 0. The summed E-state index contributed by atoms with van der Waals surface area (Å²) < 4.78 is 117. The van der Waals surface area contributed by atoms with Gasteiger partial charge in [0.05, 0.1) is 0 Å². The van der Waals surface area contributed by atoms with E-state index in [9.17, 15) is 51.8 Å². The number of halogens is 12. The van der Waals surface area contributed by atoms with Crippen LogP contribution in [0.5, 0.6) is 0 Å². The Morgan fingerprint density at radius 3 is 0.800 bits per heavy atom. The molecule has 0 amide bonds. The van der Waals surface area contributed by atoms with Gasteiger partial charge in [-0.15, -0.1) is 0 Å². The summed E-state index contributed by atoms with van der Waals surface area (Å²) in [4.78, 5) is 0. The Bertz CT molecular complexity index is 323. The third-order valence-electron chi connectivity index (χ3n) is 0.940. The summed E-state index contributed by atoms with van der Waals surface area (Å²) in [7, 11) is -17.0. The predicted molar refractivity (Wildman–Crippen MR) is 77.0 cm³/mol. The number of benzene rings is 1. The molecule has 148 valence electrons. The SMILES string of the molecule is CO.Cc1ccccc1.F[B-](F)(F)F.F[B-](F)(F)F.F[B-](F)(F)F.[KH]. The topological polar surface area (TPSA) is 20.2 Å². The average Bonchev–Trinajstić information content (AvgIpc) is 2.25. The molecule has 1 rings (SSSR count). The van der Waals surface area contributed by atoms with Crippen LogP contribution >= 0.6 is 0 Å². The fourth-order valence-corrected chi connectivity index (χ4v) is 0.534. The summed E-state index contributed by atoms with van der Waals surface area (Å²) in [6.45, 7) is 2.08. The van der Waals surface area contributed by atoms with Crippen LogP contribution in [0.1, 0.15) is 5.56 Å². The molecule has 0 aliphatic heterocycles. The van der Waals surface area contributed by atoms with Gasteiger partial charge >= 0.3 is 73.1 Å². The normalized spacial score (nSPS) is 9.88. The van der Waals surface area contributed by atoms with Gasteiger partial charge in [-0.1, -0.05) is 35.9 Å². The summed E-state index contributed by atoms with van der Waals surface area (Å²) in [6, 6.07) is 10.3. The summed E-state index contributed by atoms with van der Waals surface area (Å²) in [5.74, 6) is 0. The molecule has 25 heavy (non-hydrogen) atoms. The number of rotatable bonds is 0. The Balaban J connectivity index is -0.0000000688. The number of hydrogen-bond donors (Lipinski definition) is 1. The monoisotopic (exact) mass is 425 g/mol. The molecule has 0 heterocycles. The van der Waals surface area contributed by atoms with Crippen molar-refractivity contribution in [3.05, 3.63) is 35.9 Å². The molecule has 0 atom stereocenters. The second-order valence-corrected chi connectivity index (χ2v) is 3.14. The molecule has 1 aromatic rings. The van der Waals surface area contributed by atoms with Gasteiger partial charge < -0.3 is 56.9 Å². The first-order chi connectivity index (χ1) is 10.4. The van der Waals surface area contributed by atoms with Crippen molar-refractivity contribution < 1.29 is 56.9 Å². The zero-order chi connectivity index (χ0) is 20.6. The summed E-state index contributed by atoms with van der Waals surface area (Å²) in [5.41, 5.74) is 1.32. The fourth-order valence-electron chi connectivity index (χ4n) is 0.534. The van der Waals surface area contributed by atoms with E-state index in [1.54, 1.807) is 0 Å². The summed E-state index contributed by atoms with van der Waals surface area (Å²) in [6.07, 6.45) is 0. The second-order valence-electron chi connectivity index (χ2n) is 3.14. The summed E-state index contributed by atoms with van der Waals surface area (Å²) >= 11 is 0. The number of hydrogen-bond acceptors (Lipinski definition) is 1. The molecule has 0 fully saturated rings. The number of aliphatic hydroxyl groups excluding tert-OH is 1. The maximum atomic E-state index is 9.75. The van der Waals surface area contributed by atoms with Crippen molar-refractivity contribution in [2.75, 3.05) is 7.11 Å². The molecule has 17 heteroatoms. The van der Waals surface area contributed by atoms with Crippen molar-refractivity contribution in [1.29, 1.82) is 0 Å². The van der Waals surface area contributed by atoms with Crippen molar-refractivity contribution in [2.45, 2.75) is 6.92 Å². The van der Waals surface area contributed by atoms with Gasteiger partial charge in [0.2, 0.25) is 0 Å². The standard InChI is InChI=1S/C7H8.CH4O.3BF4.K.H/c1-7-5-3-2-4-6-7;1-2;3*2-1(3,4)5;;/h2-6H,1H3;2H,1H3;;;;;/q;;3*-1;;. The van der Waals surface area contributed by atoms with Crippen molar-refractivity contribution >= 4 is 73.1 Å². The van der Waals surface area contributed by atoms with E-state index in [1.807, 2.05) is 18.2 Å². The molecule has 0 saturated heterocycles. The van der Waals surface area contributed by atoms with Crippen LogP contribution in [0.2, 0.25) is 0 Å². The van der Waals surface area contributed by atoms with Crippen molar-refractivity contribution in [1.82, 2.24) is 0 Å². The molecule has 1 aromatic carbocycles. The van der Waals surface area contributed by atoms with Gasteiger partial charge in [-0.2, -0.15) is 0 Å². The summed E-state index contributed by atoms with van der Waals surface area (Å²) in [5, 5.41) is 7.00. The minimum atomic E-state index is -6.00. The maximum absolute atomic E-state index is 9.75. The molecule has 1 N–H and O–H groups in total. The van der Waals surface area contributed by atoms with Gasteiger partial charge in [-0.3, -0.25) is 0 Å². The van der Waals surface area contributed by atoms with Crippen LogP contribution in [0, 0.1) is 6.92 Å². The Morgan fingerprint density at radius 1 is 0.560 bits per heavy atom. The van der Waals surface area contributed by atoms with Crippen LogP contribution in [0.3, 0.4) is 0 Å². The van der Waals surface area contributed by atoms with Gasteiger partial charge in [0.1, 0.15) is 0 Å². The molecular weight excluding hydrogens is 412 g/mol. The van der Waals surface area contributed by atoms with Crippen molar-refractivity contribution in [3.63, 3.8) is 0 Å². The fraction of sp³-hybridized carbons (Fsp3) is 0.250. The molecule has 0 aromatic heterocycles. The third-order valence-corrected chi connectivity index (χ3v) is 0.940. The molecule has 0 aliphatic carbocycles. The van der Waals surface area contributed by atoms with Crippen LogP contribution in [0.4, 0.5) is 51.8 Å². The first kappa shape index (κ1) is 36.1. The van der Waals surface area contributed by atoms with Crippen LogP contribution in [0.25, 0.3) is 0 Å². The van der Waals surface area contributed by atoms with E-state index in [0.717, 1.165) is 7.11 Å². The average molecular weight is 425 g/mol. The van der Waals surface area contributed by atoms with Crippen LogP contribution in [-0.4, -0.2) is 85.4 Å². The molecule has 0 spiro atoms. The first-order valence-electron chi connectivity index (χ1n) is 5.48. The van der Waals surface area contributed by atoms with Gasteiger partial charge in [0.15, 0.2) is 0 Å². The van der Waals surface area contributed by atoms with Crippen LogP contribution < -0.4 is 0 Å². The molecule has 0 unspecified atom stereocenters. The van der Waals surface area contributed by atoms with Crippen molar-refractivity contribution in [2.24, 2.45) is 0 Å². The molecular formula is C8H13B3F12KO-3.